The highest BCUT2D eigenvalue weighted by atomic mass is 16.5. The van der Waals surface area contributed by atoms with Crippen LogP contribution in [0, 0.1) is 0 Å². The average molecular weight is 275 g/mol. The number of rotatable bonds is 8. The number of methoxy groups -OCH3 is 1. The van der Waals surface area contributed by atoms with Gasteiger partial charge in [-0.1, -0.05) is 37.6 Å². The van der Waals surface area contributed by atoms with Gasteiger partial charge in [-0.2, -0.15) is 0 Å². The molecule has 2 heteroatoms. The van der Waals surface area contributed by atoms with Gasteiger partial charge in [0.25, 0.3) is 0 Å². The lowest BCUT2D eigenvalue weighted by Gasteiger charge is -2.43. The van der Waals surface area contributed by atoms with E-state index in [0.29, 0.717) is 6.04 Å². The van der Waals surface area contributed by atoms with E-state index >= 15 is 0 Å². The Labute approximate surface area is 123 Å². The topological polar surface area (TPSA) is 21.3 Å². The summed E-state index contributed by atoms with van der Waals surface area (Å²) in [7, 11) is 3.91. The first kappa shape index (κ1) is 15.5. The quantitative estimate of drug-likeness (QED) is 0.766. The molecule has 0 spiro atoms. The molecule has 0 heterocycles. The smallest absolute Gasteiger partial charge is 0.0697 e. The van der Waals surface area contributed by atoms with Gasteiger partial charge in [0, 0.05) is 13.2 Å². The minimum Gasteiger partial charge on any atom is -0.378 e. The summed E-state index contributed by atoms with van der Waals surface area (Å²) in [6.45, 7) is 2.24. The van der Waals surface area contributed by atoms with Crippen LogP contribution in [0.3, 0.4) is 0 Å². The number of nitrogens with one attached hydrogen (secondary N) is 1. The molecule has 2 nitrogen and oxygen atoms in total. The van der Waals surface area contributed by atoms with E-state index in [1.807, 2.05) is 7.11 Å². The number of hydrogen-bond donors (Lipinski definition) is 1. The molecule has 1 saturated carbocycles. The second-order valence-electron chi connectivity index (χ2n) is 6.13. The molecule has 1 N–H and O–H groups in total. The number of ether oxygens (including phenoxy) is 1. The van der Waals surface area contributed by atoms with Crippen LogP contribution in [-0.4, -0.2) is 19.8 Å². The Kier molecular flexibility index (Phi) is 5.62. The number of aryl methyl sites for hydroxylation is 1. The molecule has 112 valence electrons. The maximum atomic E-state index is 5.76. The number of benzene rings is 1. The molecule has 1 aliphatic carbocycles. The van der Waals surface area contributed by atoms with Crippen LogP contribution in [0.5, 0.6) is 0 Å². The summed E-state index contributed by atoms with van der Waals surface area (Å²) in [5, 5.41) is 3.46. The molecule has 1 atom stereocenters. The molecule has 20 heavy (non-hydrogen) atoms. The minimum absolute atomic E-state index is 0.120. The summed E-state index contributed by atoms with van der Waals surface area (Å²) >= 11 is 0. The van der Waals surface area contributed by atoms with E-state index in [4.69, 9.17) is 4.74 Å². The summed E-state index contributed by atoms with van der Waals surface area (Å²) < 4.78 is 5.76. The highest BCUT2D eigenvalue weighted by Crippen LogP contribution is 2.41. The number of hydrogen-bond acceptors (Lipinski definition) is 2. The SMILES string of the molecule is CCCCc1ccc(C(CC2(OC)CCC2)NC)cc1. The molecule has 1 aromatic carbocycles. The maximum absolute atomic E-state index is 5.76. The van der Waals surface area contributed by atoms with Crippen LogP contribution in [0.1, 0.15) is 62.6 Å². The van der Waals surface area contributed by atoms with E-state index in [1.54, 1.807) is 0 Å². The zero-order chi connectivity index (χ0) is 14.4. The second-order valence-corrected chi connectivity index (χ2v) is 6.13. The fourth-order valence-corrected chi connectivity index (χ4v) is 3.12. The van der Waals surface area contributed by atoms with Crippen molar-refractivity contribution >= 4 is 0 Å². The first-order valence-electron chi connectivity index (χ1n) is 8.04. The maximum Gasteiger partial charge on any atom is 0.0697 e. The summed E-state index contributed by atoms with van der Waals surface area (Å²) in [5.41, 5.74) is 2.96. The third-order valence-corrected chi connectivity index (χ3v) is 4.82. The zero-order valence-corrected chi connectivity index (χ0v) is 13.2. The lowest BCUT2D eigenvalue weighted by molar-refractivity contribution is -0.0834. The largest absolute Gasteiger partial charge is 0.378 e. The Hall–Kier alpha value is -0.860. The molecule has 0 aliphatic heterocycles. The molecule has 1 aromatic rings. The normalized spacial score (nSPS) is 18.6. The van der Waals surface area contributed by atoms with Gasteiger partial charge in [-0.25, -0.2) is 0 Å². The van der Waals surface area contributed by atoms with Gasteiger partial charge in [0.1, 0.15) is 0 Å². The Morgan fingerprint density at radius 3 is 2.40 bits per heavy atom. The summed E-state index contributed by atoms with van der Waals surface area (Å²) in [6, 6.07) is 9.54. The van der Waals surface area contributed by atoms with Crippen LogP contribution < -0.4 is 5.32 Å². The summed E-state index contributed by atoms with van der Waals surface area (Å²) in [6.07, 6.45) is 8.53. The van der Waals surface area contributed by atoms with Crippen molar-refractivity contribution in [3.63, 3.8) is 0 Å². The van der Waals surface area contributed by atoms with Crippen molar-refractivity contribution < 1.29 is 4.74 Å². The van der Waals surface area contributed by atoms with Crippen molar-refractivity contribution in [2.24, 2.45) is 0 Å². The van der Waals surface area contributed by atoms with Gasteiger partial charge in [0.05, 0.1) is 5.60 Å². The monoisotopic (exact) mass is 275 g/mol. The van der Waals surface area contributed by atoms with Gasteiger partial charge in [-0.15, -0.1) is 0 Å². The molecule has 0 radical (unpaired) electrons. The predicted octanol–water partition coefficient (Wildman–Crippen LogP) is 4.25. The van der Waals surface area contributed by atoms with Crippen LogP contribution in [0.4, 0.5) is 0 Å². The van der Waals surface area contributed by atoms with Gasteiger partial charge >= 0.3 is 0 Å². The van der Waals surface area contributed by atoms with Crippen molar-refractivity contribution in [2.45, 2.75) is 63.5 Å². The van der Waals surface area contributed by atoms with Gasteiger partial charge in [0.15, 0.2) is 0 Å². The fourth-order valence-electron chi connectivity index (χ4n) is 3.12. The minimum atomic E-state index is 0.120. The van der Waals surface area contributed by atoms with Crippen molar-refractivity contribution in [3.05, 3.63) is 35.4 Å². The molecule has 0 aromatic heterocycles. The van der Waals surface area contributed by atoms with E-state index in [-0.39, 0.29) is 5.60 Å². The predicted molar refractivity (Wildman–Crippen MR) is 85.1 cm³/mol. The standard InChI is InChI=1S/C18H29NO/c1-4-5-7-15-8-10-16(11-9-15)17(19-2)14-18(20-3)12-6-13-18/h8-11,17,19H,4-7,12-14H2,1-3H3. The van der Waals surface area contributed by atoms with E-state index in [1.165, 1.54) is 49.7 Å². The van der Waals surface area contributed by atoms with Gasteiger partial charge in [-0.05, 0) is 56.7 Å². The molecule has 0 amide bonds. The van der Waals surface area contributed by atoms with Gasteiger partial charge in [-0.3, -0.25) is 0 Å². The van der Waals surface area contributed by atoms with Crippen LogP contribution in [-0.2, 0) is 11.2 Å². The molecule has 0 bridgehead atoms. The van der Waals surface area contributed by atoms with Crippen molar-refractivity contribution in [3.8, 4) is 0 Å². The Bertz CT molecular complexity index is 389. The average Bonchev–Trinajstić information content (AvgIpc) is 2.46. The summed E-state index contributed by atoms with van der Waals surface area (Å²) in [5.74, 6) is 0. The van der Waals surface area contributed by atoms with Gasteiger partial charge < -0.3 is 10.1 Å². The second kappa shape index (κ2) is 7.24. The highest BCUT2D eigenvalue weighted by Gasteiger charge is 2.38. The Balaban J connectivity index is 2.00. The highest BCUT2D eigenvalue weighted by molar-refractivity contribution is 5.25. The van der Waals surface area contributed by atoms with Crippen molar-refractivity contribution in [1.82, 2.24) is 5.32 Å². The van der Waals surface area contributed by atoms with E-state index < -0.39 is 0 Å². The first-order valence-corrected chi connectivity index (χ1v) is 8.04. The molecular weight excluding hydrogens is 246 g/mol. The molecule has 2 rings (SSSR count). The van der Waals surface area contributed by atoms with E-state index in [9.17, 15) is 0 Å². The third-order valence-electron chi connectivity index (χ3n) is 4.82. The van der Waals surface area contributed by atoms with Crippen molar-refractivity contribution in [2.75, 3.05) is 14.2 Å². The van der Waals surface area contributed by atoms with Crippen molar-refractivity contribution in [1.29, 1.82) is 0 Å². The molecule has 0 saturated heterocycles. The van der Waals surface area contributed by atoms with E-state index in [2.05, 4.69) is 43.6 Å². The molecule has 1 aliphatic rings. The molecule has 1 unspecified atom stereocenters. The first-order chi connectivity index (χ1) is 9.73. The van der Waals surface area contributed by atoms with Gasteiger partial charge in [0.2, 0.25) is 0 Å². The Morgan fingerprint density at radius 2 is 1.95 bits per heavy atom. The van der Waals surface area contributed by atoms with Crippen LogP contribution >= 0.6 is 0 Å². The Morgan fingerprint density at radius 1 is 1.25 bits per heavy atom. The zero-order valence-electron chi connectivity index (χ0n) is 13.2. The van der Waals surface area contributed by atoms with Crippen LogP contribution in [0.15, 0.2) is 24.3 Å². The fraction of sp³-hybridized carbons (Fsp3) is 0.667. The lowest BCUT2D eigenvalue weighted by atomic mass is 9.74. The van der Waals surface area contributed by atoms with Crippen LogP contribution in [0.2, 0.25) is 0 Å². The third kappa shape index (κ3) is 3.62. The number of unbranched alkanes of at least 4 members (excludes halogenated alkanes) is 1. The lowest BCUT2D eigenvalue weighted by Crippen LogP contribution is -2.42. The van der Waals surface area contributed by atoms with Crippen LogP contribution in [0.25, 0.3) is 0 Å². The van der Waals surface area contributed by atoms with E-state index in [0.717, 1.165) is 6.42 Å². The molecule has 1 fully saturated rings. The molecular formula is C18H29NO. The summed E-state index contributed by atoms with van der Waals surface area (Å²) in [4.78, 5) is 0.